The standard InChI is InChI=1S/C14H12N2O2S2/c17-13(7-11-3-1-5-19-11)15-8-10-9-18-14(16-10)12-4-2-6-20-12/h1-6,9H,7-8H2,(H,15,17). The molecule has 4 nitrogen and oxygen atoms in total. The summed E-state index contributed by atoms with van der Waals surface area (Å²) in [5.74, 6) is 0.593. The van der Waals surface area contributed by atoms with Gasteiger partial charge in [0.05, 0.1) is 23.5 Å². The zero-order chi connectivity index (χ0) is 13.8. The van der Waals surface area contributed by atoms with Crippen molar-refractivity contribution in [2.45, 2.75) is 13.0 Å². The molecular formula is C14H12N2O2S2. The van der Waals surface area contributed by atoms with Crippen molar-refractivity contribution in [2.24, 2.45) is 0 Å². The highest BCUT2D eigenvalue weighted by molar-refractivity contribution is 7.13. The Bertz CT molecular complexity index is 672. The number of hydrogen-bond acceptors (Lipinski definition) is 5. The number of carbonyl (C=O) groups excluding carboxylic acids is 1. The van der Waals surface area contributed by atoms with Crippen LogP contribution in [0.4, 0.5) is 0 Å². The lowest BCUT2D eigenvalue weighted by atomic mass is 10.3. The topological polar surface area (TPSA) is 55.1 Å². The zero-order valence-corrected chi connectivity index (χ0v) is 12.2. The Balaban J connectivity index is 1.55. The third kappa shape index (κ3) is 3.15. The summed E-state index contributed by atoms with van der Waals surface area (Å²) in [6.07, 6.45) is 1.99. The van der Waals surface area contributed by atoms with Gasteiger partial charge in [-0.3, -0.25) is 4.79 Å². The quantitative estimate of drug-likeness (QED) is 0.786. The minimum absolute atomic E-state index is 0.00637. The number of nitrogens with one attached hydrogen (secondary N) is 1. The van der Waals surface area contributed by atoms with Crippen LogP contribution < -0.4 is 5.32 Å². The normalized spacial score (nSPS) is 10.6. The molecule has 0 spiro atoms. The van der Waals surface area contributed by atoms with Gasteiger partial charge in [-0.25, -0.2) is 4.98 Å². The van der Waals surface area contributed by atoms with Gasteiger partial charge in [-0.05, 0) is 22.9 Å². The third-order valence-corrected chi connectivity index (χ3v) is 4.40. The van der Waals surface area contributed by atoms with Crippen molar-refractivity contribution in [1.29, 1.82) is 0 Å². The summed E-state index contributed by atoms with van der Waals surface area (Å²) in [7, 11) is 0. The van der Waals surface area contributed by atoms with Gasteiger partial charge in [0.1, 0.15) is 6.26 Å². The first-order chi connectivity index (χ1) is 9.81. The lowest BCUT2D eigenvalue weighted by Crippen LogP contribution is -2.24. The molecule has 0 saturated carbocycles. The van der Waals surface area contributed by atoms with Crippen LogP contribution in [0.5, 0.6) is 0 Å². The fourth-order valence-corrected chi connectivity index (χ4v) is 3.08. The molecule has 3 aromatic heterocycles. The van der Waals surface area contributed by atoms with E-state index in [0.717, 1.165) is 15.4 Å². The fraction of sp³-hybridized carbons (Fsp3) is 0.143. The first-order valence-electron chi connectivity index (χ1n) is 6.08. The molecule has 0 atom stereocenters. The first-order valence-corrected chi connectivity index (χ1v) is 7.84. The highest BCUT2D eigenvalue weighted by Gasteiger charge is 2.09. The van der Waals surface area contributed by atoms with Gasteiger partial charge < -0.3 is 9.73 Å². The van der Waals surface area contributed by atoms with E-state index in [1.54, 1.807) is 28.9 Å². The van der Waals surface area contributed by atoms with Crippen molar-refractivity contribution in [1.82, 2.24) is 10.3 Å². The molecule has 20 heavy (non-hydrogen) atoms. The molecule has 102 valence electrons. The number of amides is 1. The van der Waals surface area contributed by atoms with E-state index >= 15 is 0 Å². The zero-order valence-electron chi connectivity index (χ0n) is 10.5. The fourth-order valence-electron chi connectivity index (χ4n) is 1.72. The second-order valence-corrected chi connectivity index (χ2v) is 6.13. The van der Waals surface area contributed by atoms with Gasteiger partial charge in [-0.1, -0.05) is 12.1 Å². The average Bonchev–Trinajstić information content (AvgIpc) is 3.18. The number of aromatic nitrogens is 1. The van der Waals surface area contributed by atoms with E-state index in [1.807, 2.05) is 35.0 Å². The molecule has 0 bridgehead atoms. The predicted octanol–water partition coefficient (Wildman–Crippen LogP) is 3.32. The maximum Gasteiger partial charge on any atom is 0.236 e. The average molecular weight is 304 g/mol. The molecule has 0 radical (unpaired) electrons. The number of carbonyl (C=O) groups is 1. The van der Waals surface area contributed by atoms with Gasteiger partial charge in [0.15, 0.2) is 0 Å². The van der Waals surface area contributed by atoms with Gasteiger partial charge in [-0.2, -0.15) is 0 Å². The minimum atomic E-state index is -0.00637. The van der Waals surface area contributed by atoms with E-state index in [2.05, 4.69) is 10.3 Å². The van der Waals surface area contributed by atoms with Gasteiger partial charge in [-0.15, -0.1) is 22.7 Å². The number of thiophene rings is 2. The van der Waals surface area contributed by atoms with E-state index < -0.39 is 0 Å². The van der Waals surface area contributed by atoms with E-state index in [-0.39, 0.29) is 5.91 Å². The van der Waals surface area contributed by atoms with Crippen molar-refractivity contribution in [3.8, 4) is 10.8 Å². The summed E-state index contributed by atoms with van der Waals surface area (Å²) in [4.78, 5) is 18.2. The van der Waals surface area contributed by atoms with Crippen molar-refractivity contribution < 1.29 is 9.21 Å². The summed E-state index contributed by atoms with van der Waals surface area (Å²) in [6.45, 7) is 0.388. The number of hydrogen-bond donors (Lipinski definition) is 1. The van der Waals surface area contributed by atoms with Crippen LogP contribution in [0.3, 0.4) is 0 Å². The smallest absolute Gasteiger partial charge is 0.236 e. The molecule has 6 heteroatoms. The summed E-state index contributed by atoms with van der Waals surface area (Å²) in [5.41, 5.74) is 0.730. The van der Waals surface area contributed by atoms with E-state index in [9.17, 15) is 4.79 Å². The van der Waals surface area contributed by atoms with Gasteiger partial charge >= 0.3 is 0 Å². The number of nitrogens with zero attached hydrogens (tertiary/aromatic N) is 1. The molecule has 1 N–H and O–H groups in total. The van der Waals surface area contributed by atoms with Gasteiger partial charge in [0, 0.05) is 4.88 Å². The Hall–Kier alpha value is -1.92. The lowest BCUT2D eigenvalue weighted by molar-refractivity contribution is -0.120. The SMILES string of the molecule is O=C(Cc1cccs1)NCc1coc(-c2cccs2)n1. The van der Waals surface area contributed by atoms with Crippen LogP contribution in [0, 0.1) is 0 Å². The van der Waals surface area contributed by atoms with Crippen LogP contribution in [-0.4, -0.2) is 10.9 Å². The van der Waals surface area contributed by atoms with E-state index in [4.69, 9.17) is 4.42 Å². The van der Waals surface area contributed by atoms with Crippen LogP contribution in [0.2, 0.25) is 0 Å². The van der Waals surface area contributed by atoms with Crippen LogP contribution in [0.1, 0.15) is 10.6 Å². The molecule has 0 aliphatic carbocycles. The highest BCUT2D eigenvalue weighted by Crippen LogP contribution is 2.23. The summed E-state index contributed by atoms with van der Waals surface area (Å²) < 4.78 is 5.40. The Morgan fingerprint density at radius 1 is 1.25 bits per heavy atom. The molecule has 3 rings (SSSR count). The Morgan fingerprint density at radius 3 is 2.85 bits per heavy atom. The molecule has 3 heterocycles. The van der Waals surface area contributed by atoms with Crippen LogP contribution >= 0.6 is 22.7 Å². The molecule has 0 saturated heterocycles. The molecule has 0 aliphatic rings. The monoisotopic (exact) mass is 304 g/mol. The first kappa shape index (κ1) is 13.1. The molecule has 0 unspecified atom stereocenters. The maximum atomic E-state index is 11.8. The molecule has 0 fully saturated rings. The van der Waals surface area contributed by atoms with Gasteiger partial charge in [0.25, 0.3) is 0 Å². The summed E-state index contributed by atoms with van der Waals surface area (Å²) >= 11 is 3.16. The van der Waals surface area contributed by atoms with Gasteiger partial charge in [0.2, 0.25) is 11.8 Å². The minimum Gasteiger partial charge on any atom is -0.443 e. The second-order valence-electron chi connectivity index (χ2n) is 4.15. The summed E-state index contributed by atoms with van der Waals surface area (Å²) in [6, 6.07) is 7.80. The predicted molar refractivity (Wildman–Crippen MR) is 79.7 cm³/mol. The molecule has 0 aliphatic heterocycles. The molecular weight excluding hydrogens is 292 g/mol. The van der Waals surface area contributed by atoms with E-state index in [1.165, 1.54) is 0 Å². The number of rotatable bonds is 5. The number of oxazole rings is 1. The van der Waals surface area contributed by atoms with Crippen molar-refractivity contribution in [2.75, 3.05) is 0 Å². The van der Waals surface area contributed by atoms with Crippen molar-refractivity contribution in [3.05, 3.63) is 51.9 Å². The Kier molecular flexibility index (Phi) is 3.94. The summed E-state index contributed by atoms with van der Waals surface area (Å²) in [5, 5.41) is 6.78. The molecule has 3 aromatic rings. The Labute approximate surface area is 124 Å². The van der Waals surface area contributed by atoms with Crippen molar-refractivity contribution >= 4 is 28.6 Å². The second kappa shape index (κ2) is 6.02. The molecule has 1 amide bonds. The third-order valence-electron chi connectivity index (χ3n) is 2.67. The van der Waals surface area contributed by atoms with Crippen molar-refractivity contribution in [3.63, 3.8) is 0 Å². The largest absolute Gasteiger partial charge is 0.443 e. The van der Waals surface area contributed by atoms with Crippen LogP contribution in [-0.2, 0) is 17.8 Å². The van der Waals surface area contributed by atoms with Crippen LogP contribution in [0.25, 0.3) is 10.8 Å². The molecule has 0 aromatic carbocycles. The van der Waals surface area contributed by atoms with E-state index in [0.29, 0.717) is 18.9 Å². The lowest BCUT2D eigenvalue weighted by Gasteiger charge is -2.00. The maximum absolute atomic E-state index is 11.8. The Morgan fingerprint density at radius 2 is 2.10 bits per heavy atom. The van der Waals surface area contributed by atoms with Crippen LogP contribution in [0.15, 0.2) is 45.7 Å². The highest BCUT2D eigenvalue weighted by atomic mass is 32.1.